The SMILES string of the molecule is CN(C)CCn1nc(S(N)(=O)=O)cc1CN(C)C.COc1ccc(CN(Cc2ccc(OC)cc2)S(=O)(=O)c2cc(CN(C)C)n(CCN(C)C)n2)cc1. The molecule has 300 valence electrons. The molecule has 0 unspecified atom stereocenters. The summed E-state index contributed by atoms with van der Waals surface area (Å²) in [6.07, 6.45) is 0. The topological polar surface area (TPSA) is 165 Å². The van der Waals surface area contributed by atoms with Crippen LogP contribution in [0.2, 0.25) is 0 Å². The molecule has 2 N–H and O–H groups in total. The minimum Gasteiger partial charge on any atom is -0.497 e. The van der Waals surface area contributed by atoms with Gasteiger partial charge >= 0.3 is 0 Å². The van der Waals surface area contributed by atoms with Crippen LogP contribution in [0.1, 0.15) is 22.5 Å². The van der Waals surface area contributed by atoms with Crippen LogP contribution in [0.3, 0.4) is 0 Å². The molecule has 0 aliphatic carbocycles. The third-order valence-electron chi connectivity index (χ3n) is 8.09. The molecular weight excluding hydrogens is 733 g/mol. The standard InChI is InChI=1S/C26H37N5O4S.C10H21N5O2S/c1-28(2)15-16-31-23(20-29(3)4)17-26(27-31)36(32,33)30(18-21-7-11-24(34-5)12-8-21)19-22-9-13-25(35-6)14-10-22;1-13(2)5-6-15-9(8-14(3)4)7-10(12-15)18(11,16)17/h7-14,17H,15-16,18-20H2,1-6H3;7H,5-6,8H2,1-4H3,(H2,11,16,17). The zero-order chi connectivity index (χ0) is 40.2. The van der Waals surface area contributed by atoms with Gasteiger partial charge in [0.15, 0.2) is 10.1 Å². The van der Waals surface area contributed by atoms with Crippen molar-refractivity contribution in [3.05, 3.63) is 83.2 Å². The molecule has 0 bridgehead atoms. The van der Waals surface area contributed by atoms with Gasteiger partial charge in [0.25, 0.3) is 20.0 Å². The average Bonchev–Trinajstić information content (AvgIpc) is 3.70. The molecule has 2 heterocycles. The van der Waals surface area contributed by atoms with Crippen molar-refractivity contribution in [2.24, 2.45) is 5.14 Å². The van der Waals surface area contributed by atoms with E-state index in [1.165, 1.54) is 10.4 Å². The fraction of sp³-hybridized carbons (Fsp3) is 0.500. The smallest absolute Gasteiger partial charge is 0.263 e. The van der Waals surface area contributed by atoms with Crippen LogP contribution < -0.4 is 14.6 Å². The minimum absolute atomic E-state index is 0.0557. The van der Waals surface area contributed by atoms with Gasteiger partial charge in [-0.1, -0.05) is 24.3 Å². The van der Waals surface area contributed by atoms with Crippen LogP contribution in [-0.2, 0) is 59.3 Å². The second kappa shape index (κ2) is 20.2. The van der Waals surface area contributed by atoms with E-state index < -0.39 is 20.0 Å². The van der Waals surface area contributed by atoms with Crippen LogP contribution in [0, 0.1) is 0 Å². The lowest BCUT2D eigenvalue weighted by Gasteiger charge is -2.21. The van der Waals surface area contributed by atoms with E-state index in [0.29, 0.717) is 26.2 Å². The lowest BCUT2D eigenvalue weighted by molar-refractivity contribution is 0.346. The maximum absolute atomic E-state index is 14.0. The second-order valence-electron chi connectivity index (χ2n) is 14.0. The minimum atomic E-state index is -3.90. The molecule has 0 aliphatic rings. The number of methoxy groups -OCH3 is 2. The van der Waals surface area contributed by atoms with Gasteiger partial charge in [-0.15, -0.1) is 0 Å². The summed E-state index contributed by atoms with van der Waals surface area (Å²) in [6, 6.07) is 18.1. The van der Waals surface area contributed by atoms with Crippen LogP contribution in [0.15, 0.2) is 70.7 Å². The summed E-state index contributed by atoms with van der Waals surface area (Å²) in [7, 11) is 11.2. The highest BCUT2D eigenvalue weighted by Crippen LogP contribution is 2.24. The number of primary sulfonamides is 1. The highest BCUT2D eigenvalue weighted by atomic mass is 32.2. The summed E-state index contributed by atoms with van der Waals surface area (Å²) in [5, 5.41) is 13.7. The van der Waals surface area contributed by atoms with Crippen molar-refractivity contribution in [2.45, 2.75) is 49.3 Å². The summed E-state index contributed by atoms with van der Waals surface area (Å²) in [4.78, 5) is 8.02. The summed E-state index contributed by atoms with van der Waals surface area (Å²) < 4.78 is 66.0. The number of benzene rings is 2. The summed E-state index contributed by atoms with van der Waals surface area (Å²) >= 11 is 0. The molecule has 54 heavy (non-hydrogen) atoms. The number of rotatable bonds is 19. The number of likely N-dealkylation sites (N-methyl/N-ethyl adjacent to an activating group) is 2. The highest BCUT2D eigenvalue weighted by molar-refractivity contribution is 7.89. The predicted octanol–water partition coefficient (Wildman–Crippen LogP) is 2.07. The van der Waals surface area contributed by atoms with Crippen LogP contribution in [0.25, 0.3) is 0 Å². The van der Waals surface area contributed by atoms with E-state index in [1.54, 1.807) is 29.6 Å². The Hall–Kier alpha value is -3.88. The molecule has 0 saturated carbocycles. The van der Waals surface area contributed by atoms with Gasteiger partial charge in [-0.2, -0.15) is 14.5 Å². The molecule has 0 spiro atoms. The van der Waals surface area contributed by atoms with Crippen LogP contribution in [0.5, 0.6) is 11.5 Å². The summed E-state index contributed by atoms with van der Waals surface area (Å²) in [5.74, 6) is 1.44. The molecule has 4 aromatic rings. The molecular formula is C36H58N10O6S2. The normalized spacial score (nSPS) is 12.2. The first-order valence-electron chi connectivity index (χ1n) is 17.3. The number of nitrogens with two attached hydrogens (primary N) is 1. The van der Waals surface area contributed by atoms with Crippen molar-refractivity contribution in [3.8, 4) is 11.5 Å². The van der Waals surface area contributed by atoms with Crippen molar-refractivity contribution in [2.75, 3.05) is 83.7 Å². The van der Waals surface area contributed by atoms with E-state index in [9.17, 15) is 16.8 Å². The fourth-order valence-corrected chi connectivity index (χ4v) is 7.13. The zero-order valence-corrected chi connectivity index (χ0v) is 34.9. The van der Waals surface area contributed by atoms with Crippen molar-refractivity contribution in [1.82, 2.24) is 43.5 Å². The summed E-state index contributed by atoms with van der Waals surface area (Å²) in [6.45, 7) is 4.38. The number of ether oxygens (including phenoxy) is 2. The van der Waals surface area contributed by atoms with E-state index in [-0.39, 0.29) is 23.1 Å². The van der Waals surface area contributed by atoms with Gasteiger partial charge in [0.2, 0.25) is 0 Å². The number of aromatic nitrogens is 4. The van der Waals surface area contributed by atoms with Gasteiger partial charge in [-0.05, 0) is 91.8 Å². The van der Waals surface area contributed by atoms with E-state index in [1.807, 2.05) is 120 Å². The van der Waals surface area contributed by atoms with Crippen molar-refractivity contribution >= 4 is 20.0 Å². The lowest BCUT2D eigenvalue weighted by atomic mass is 10.2. The Kier molecular flexibility index (Phi) is 16.6. The molecule has 0 aliphatic heterocycles. The third-order valence-corrected chi connectivity index (χ3v) is 10.5. The van der Waals surface area contributed by atoms with Gasteiger partial charge in [0, 0.05) is 51.4 Å². The molecule has 0 amide bonds. The number of sulfonamides is 2. The Bertz CT molecular complexity index is 1910. The van der Waals surface area contributed by atoms with E-state index in [2.05, 4.69) is 15.1 Å². The number of nitrogens with zero attached hydrogens (tertiary/aromatic N) is 9. The van der Waals surface area contributed by atoms with Crippen molar-refractivity contribution < 1.29 is 26.3 Å². The Morgan fingerprint density at radius 3 is 1.28 bits per heavy atom. The lowest BCUT2D eigenvalue weighted by Crippen LogP contribution is -2.31. The number of hydrogen-bond donors (Lipinski definition) is 1. The van der Waals surface area contributed by atoms with E-state index in [4.69, 9.17) is 14.6 Å². The number of hydrogen-bond acceptors (Lipinski definition) is 12. The van der Waals surface area contributed by atoms with Crippen LogP contribution in [0.4, 0.5) is 0 Å². The highest BCUT2D eigenvalue weighted by Gasteiger charge is 2.29. The maximum atomic E-state index is 14.0. The molecule has 4 rings (SSSR count). The predicted molar refractivity (Wildman–Crippen MR) is 210 cm³/mol. The fourth-order valence-electron chi connectivity index (χ4n) is 5.23. The van der Waals surface area contributed by atoms with Crippen molar-refractivity contribution in [3.63, 3.8) is 0 Å². The molecule has 16 nitrogen and oxygen atoms in total. The van der Waals surface area contributed by atoms with E-state index in [0.717, 1.165) is 47.1 Å². The first kappa shape index (κ1) is 44.5. The molecule has 0 radical (unpaired) electrons. The molecule has 0 atom stereocenters. The molecule has 0 saturated heterocycles. The Labute approximate surface area is 321 Å². The zero-order valence-electron chi connectivity index (χ0n) is 33.3. The second-order valence-corrected chi connectivity index (χ2v) is 17.4. The van der Waals surface area contributed by atoms with Gasteiger partial charge < -0.3 is 29.1 Å². The molecule has 0 fully saturated rings. The largest absolute Gasteiger partial charge is 0.497 e. The summed E-state index contributed by atoms with van der Waals surface area (Å²) in [5.41, 5.74) is 3.40. The van der Waals surface area contributed by atoms with Gasteiger partial charge in [-0.25, -0.2) is 22.0 Å². The Balaban J connectivity index is 0.000000366. The van der Waals surface area contributed by atoms with Crippen LogP contribution >= 0.6 is 0 Å². The Morgan fingerprint density at radius 1 is 0.574 bits per heavy atom. The molecule has 2 aromatic heterocycles. The molecule has 18 heteroatoms. The first-order chi connectivity index (χ1) is 25.3. The molecule has 2 aromatic carbocycles. The monoisotopic (exact) mass is 790 g/mol. The van der Waals surface area contributed by atoms with Crippen LogP contribution in [-0.4, -0.2) is 144 Å². The van der Waals surface area contributed by atoms with E-state index >= 15 is 0 Å². The Morgan fingerprint density at radius 2 is 0.944 bits per heavy atom. The van der Waals surface area contributed by atoms with Gasteiger partial charge in [0.1, 0.15) is 11.5 Å². The van der Waals surface area contributed by atoms with Crippen molar-refractivity contribution in [1.29, 1.82) is 0 Å². The maximum Gasteiger partial charge on any atom is 0.263 e. The first-order valence-corrected chi connectivity index (χ1v) is 20.3. The quantitative estimate of drug-likeness (QED) is 0.147. The average molecular weight is 791 g/mol. The van der Waals surface area contributed by atoms with Gasteiger partial charge in [0.05, 0.1) is 38.7 Å². The van der Waals surface area contributed by atoms with Gasteiger partial charge in [-0.3, -0.25) is 9.36 Å². The third kappa shape index (κ3) is 13.8.